The fourth-order valence-corrected chi connectivity index (χ4v) is 3.71. The van der Waals surface area contributed by atoms with E-state index in [0.29, 0.717) is 5.52 Å². The summed E-state index contributed by atoms with van der Waals surface area (Å²) < 4.78 is 12.0. The van der Waals surface area contributed by atoms with Gasteiger partial charge in [0.1, 0.15) is 0 Å². The third-order valence-electron chi connectivity index (χ3n) is 4.99. The maximum absolute atomic E-state index is 12.8. The van der Waals surface area contributed by atoms with Crippen LogP contribution in [0.25, 0.3) is 27.5 Å². The van der Waals surface area contributed by atoms with Crippen LogP contribution in [-0.2, 0) is 9.47 Å². The number of nitrogens with zero attached hydrogens (tertiary/aromatic N) is 1. The van der Waals surface area contributed by atoms with Crippen molar-refractivity contribution >= 4 is 33.7 Å². The second-order valence-corrected chi connectivity index (χ2v) is 6.51. The summed E-state index contributed by atoms with van der Waals surface area (Å²) in [5, 5.41) is 1.86. The molecule has 5 heteroatoms. The Morgan fingerprint density at radius 1 is 0.786 bits per heavy atom. The highest BCUT2D eigenvalue weighted by Crippen LogP contribution is 2.36. The van der Waals surface area contributed by atoms with Crippen molar-refractivity contribution < 1.29 is 19.1 Å². The Kier molecular flexibility index (Phi) is 4.35. The van der Waals surface area contributed by atoms with E-state index in [9.17, 15) is 9.59 Å². The van der Waals surface area contributed by atoms with Crippen LogP contribution in [0.5, 0.6) is 0 Å². The highest BCUT2D eigenvalue weighted by molar-refractivity contribution is 6.19. The lowest BCUT2D eigenvalue weighted by atomic mass is 10.0. The van der Waals surface area contributed by atoms with Gasteiger partial charge in [0.15, 0.2) is 0 Å². The molecule has 0 saturated heterocycles. The quantitative estimate of drug-likeness (QED) is 0.490. The van der Waals surface area contributed by atoms with E-state index in [1.165, 1.54) is 14.2 Å². The minimum Gasteiger partial charge on any atom is -0.465 e. The van der Waals surface area contributed by atoms with Gasteiger partial charge < -0.3 is 14.0 Å². The first-order chi connectivity index (χ1) is 13.6. The number of hydrogen-bond donors (Lipinski definition) is 0. The van der Waals surface area contributed by atoms with Crippen LogP contribution in [0, 0.1) is 6.92 Å². The van der Waals surface area contributed by atoms with Crippen LogP contribution in [0.2, 0.25) is 0 Å². The number of rotatable bonds is 3. The lowest BCUT2D eigenvalue weighted by Gasteiger charge is -2.14. The Hall–Kier alpha value is -3.60. The van der Waals surface area contributed by atoms with Crippen molar-refractivity contribution in [2.45, 2.75) is 6.92 Å². The zero-order chi connectivity index (χ0) is 19.8. The molecule has 5 nitrogen and oxygen atoms in total. The first-order valence-corrected chi connectivity index (χ1v) is 8.87. The maximum atomic E-state index is 12.8. The lowest BCUT2D eigenvalue weighted by Crippen LogP contribution is -2.14. The SMILES string of the molecule is COC(=O)c1ccc2c3ccccc3n(-c3ccccc3C)c2c1C(=O)OC. The normalized spacial score (nSPS) is 11.0. The summed E-state index contributed by atoms with van der Waals surface area (Å²) in [6.07, 6.45) is 0. The summed E-state index contributed by atoms with van der Waals surface area (Å²) in [5.41, 5.74) is 3.93. The molecule has 4 aromatic rings. The molecular weight excluding hydrogens is 354 g/mol. The number of carbonyl (C=O) groups is 2. The molecule has 0 saturated carbocycles. The van der Waals surface area contributed by atoms with Gasteiger partial charge in [0.05, 0.1) is 36.4 Å². The van der Waals surface area contributed by atoms with E-state index in [1.807, 2.05) is 66.1 Å². The first kappa shape index (κ1) is 17.8. The average molecular weight is 373 g/mol. The summed E-state index contributed by atoms with van der Waals surface area (Å²) in [5.74, 6) is -1.16. The minimum absolute atomic E-state index is 0.180. The molecule has 0 bridgehead atoms. The summed E-state index contributed by atoms with van der Waals surface area (Å²) >= 11 is 0. The Morgan fingerprint density at radius 3 is 2.18 bits per heavy atom. The number of aromatic nitrogens is 1. The maximum Gasteiger partial charge on any atom is 0.340 e. The fraction of sp³-hybridized carbons (Fsp3) is 0.130. The van der Waals surface area contributed by atoms with E-state index >= 15 is 0 Å². The van der Waals surface area contributed by atoms with Gasteiger partial charge in [-0.3, -0.25) is 0 Å². The van der Waals surface area contributed by atoms with Crippen LogP contribution in [0.4, 0.5) is 0 Å². The molecule has 0 spiro atoms. The van der Waals surface area contributed by atoms with E-state index in [2.05, 4.69) is 0 Å². The molecule has 0 atom stereocenters. The lowest BCUT2D eigenvalue weighted by molar-refractivity contribution is 0.0557. The van der Waals surface area contributed by atoms with Crippen LogP contribution in [0.15, 0.2) is 60.7 Å². The number of methoxy groups -OCH3 is 2. The van der Waals surface area contributed by atoms with Gasteiger partial charge >= 0.3 is 11.9 Å². The van der Waals surface area contributed by atoms with Crippen LogP contribution < -0.4 is 0 Å². The molecule has 0 radical (unpaired) electrons. The molecule has 0 unspecified atom stereocenters. The van der Waals surface area contributed by atoms with Gasteiger partial charge in [-0.2, -0.15) is 0 Å². The highest BCUT2D eigenvalue weighted by Gasteiger charge is 2.26. The first-order valence-electron chi connectivity index (χ1n) is 8.87. The molecular formula is C23H19NO4. The number of ether oxygens (including phenoxy) is 2. The molecule has 0 aliphatic rings. The molecule has 28 heavy (non-hydrogen) atoms. The van der Waals surface area contributed by atoms with Gasteiger partial charge in [-0.05, 0) is 30.7 Å². The molecule has 0 N–H and O–H groups in total. The molecule has 4 rings (SSSR count). The Balaban J connectivity index is 2.27. The number of aryl methyl sites for hydroxylation is 1. The van der Waals surface area contributed by atoms with E-state index in [4.69, 9.17) is 9.47 Å². The third kappa shape index (κ3) is 2.55. The fourth-order valence-electron chi connectivity index (χ4n) is 3.71. The smallest absolute Gasteiger partial charge is 0.340 e. The Bertz CT molecular complexity index is 1240. The number of esters is 2. The van der Waals surface area contributed by atoms with Crippen molar-refractivity contribution in [1.82, 2.24) is 4.57 Å². The number of benzene rings is 3. The molecule has 3 aromatic carbocycles. The number of carbonyl (C=O) groups excluding carboxylic acids is 2. The standard InChI is InChI=1S/C23H19NO4/c1-14-8-4-6-10-18(14)24-19-11-7-5-9-15(19)16-12-13-17(22(25)27-2)20(21(16)24)23(26)28-3/h4-13H,1-3H3. The van der Waals surface area contributed by atoms with E-state index in [0.717, 1.165) is 27.5 Å². The van der Waals surface area contributed by atoms with Crippen molar-refractivity contribution in [2.24, 2.45) is 0 Å². The molecule has 0 aliphatic heterocycles. The third-order valence-corrected chi connectivity index (χ3v) is 4.99. The summed E-state index contributed by atoms with van der Waals surface area (Å²) in [7, 11) is 2.60. The van der Waals surface area contributed by atoms with Crippen molar-refractivity contribution in [2.75, 3.05) is 14.2 Å². The second-order valence-electron chi connectivity index (χ2n) is 6.51. The van der Waals surface area contributed by atoms with Crippen LogP contribution in [-0.4, -0.2) is 30.7 Å². The zero-order valence-corrected chi connectivity index (χ0v) is 15.9. The number of para-hydroxylation sites is 2. The number of fused-ring (bicyclic) bond motifs is 3. The van der Waals surface area contributed by atoms with Crippen molar-refractivity contribution in [3.63, 3.8) is 0 Å². The van der Waals surface area contributed by atoms with Gasteiger partial charge in [-0.25, -0.2) is 9.59 Å². The summed E-state index contributed by atoms with van der Waals surface area (Å²) in [6, 6.07) is 19.3. The van der Waals surface area contributed by atoms with Crippen LogP contribution >= 0.6 is 0 Å². The van der Waals surface area contributed by atoms with Crippen molar-refractivity contribution in [3.8, 4) is 5.69 Å². The molecule has 1 aromatic heterocycles. The second kappa shape index (κ2) is 6.85. The topological polar surface area (TPSA) is 57.5 Å². The predicted molar refractivity (Wildman–Crippen MR) is 108 cm³/mol. The van der Waals surface area contributed by atoms with Crippen molar-refractivity contribution in [1.29, 1.82) is 0 Å². The van der Waals surface area contributed by atoms with Gasteiger partial charge in [0.25, 0.3) is 0 Å². The molecule has 0 fully saturated rings. The minimum atomic E-state index is -0.580. The predicted octanol–water partition coefficient (Wildman–Crippen LogP) is 4.67. The zero-order valence-electron chi connectivity index (χ0n) is 15.9. The molecule has 1 heterocycles. The van der Waals surface area contributed by atoms with Gasteiger partial charge in [-0.15, -0.1) is 0 Å². The van der Waals surface area contributed by atoms with Gasteiger partial charge in [-0.1, -0.05) is 42.5 Å². The van der Waals surface area contributed by atoms with Crippen LogP contribution in [0.1, 0.15) is 26.3 Å². The summed E-state index contributed by atoms with van der Waals surface area (Å²) in [4.78, 5) is 25.2. The van der Waals surface area contributed by atoms with Gasteiger partial charge in [0, 0.05) is 16.5 Å². The number of hydrogen-bond acceptors (Lipinski definition) is 4. The largest absolute Gasteiger partial charge is 0.465 e. The average Bonchev–Trinajstić information content (AvgIpc) is 3.06. The van der Waals surface area contributed by atoms with Crippen LogP contribution in [0.3, 0.4) is 0 Å². The van der Waals surface area contributed by atoms with Gasteiger partial charge in [0.2, 0.25) is 0 Å². The summed E-state index contributed by atoms with van der Waals surface area (Å²) in [6.45, 7) is 2.01. The highest BCUT2D eigenvalue weighted by atomic mass is 16.5. The Morgan fingerprint density at radius 2 is 1.46 bits per heavy atom. The van der Waals surface area contributed by atoms with E-state index in [-0.39, 0.29) is 11.1 Å². The van der Waals surface area contributed by atoms with Crippen molar-refractivity contribution in [3.05, 3.63) is 77.4 Å². The Labute approximate surface area is 162 Å². The molecule has 0 aliphatic carbocycles. The van der Waals surface area contributed by atoms with E-state index in [1.54, 1.807) is 6.07 Å². The molecule has 140 valence electrons. The van der Waals surface area contributed by atoms with E-state index < -0.39 is 11.9 Å². The monoisotopic (exact) mass is 373 g/mol. The molecule has 0 amide bonds.